The predicted octanol–water partition coefficient (Wildman–Crippen LogP) is 2.14. The smallest absolute Gasteiger partial charge is 0.187 e. The average Bonchev–Trinajstić information content (AvgIpc) is 3.10. The Morgan fingerprint density at radius 2 is 0.889 bits per heavy atom. The van der Waals surface area contributed by atoms with Gasteiger partial charge in [-0.15, -0.1) is 0 Å². The van der Waals surface area contributed by atoms with Crippen molar-refractivity contribution in [2.24, 2.45) is 23.7 Å². The zero-order valence-corrected chi connectivity index (χ0v) is 9.85. The molecule has 0 aromatic heterocycles. The van der Waals surface area contributed by atoms with Gasteiger partial charge in [0, 0.05) is 46.0 Å². The largest absolute Gasteiger partial charge is 0.289 e. The van der Waals surface area contributed by atoms with Gasteiger partial charge in [-0.2, -0.15) is 0 Å². The average molecular weight is 236 g/mol. The van der Waals surface area contributed by atoms with E-state index in [4.69, 9.17) is 0 Å². The lowest BCUT2D eigenvalue weighted by Gasteiger charge is -2.25. The molecule has 5 aliphatic carbocycles. The van der Waals surface area contributed by atoms with Gasteiger partial charge in [0.1, 0.15) is 0 Å². The molecule has 0 fully saturated rings. The number of hydrogen-bond acceptors (Lipinski definition) is 2. The molecule has 5 rings (SSSR count). The van der Waals surface area contributed by atoms with Crippen LogP contribution in [0.25, 0.3) is 0 Å². The Kier molecular flexibility index (Phi) is 1.37. The molecule has 0 heterocycles. The normalized spacial score (nSPS) is 42.4. The quantitative estimate of drug-likeness (QED) is 0.477. The molecule has 0 aliphatic heterocycles. The fourth-order valence-electron chi connectivity index (χ4n) is 4.51. The van der Waals surface area contributed by atoms with Gasteiger partial charge in [-0.1, -0.05) is 24.3 Å². The third kappa shape index (κ3) is 0.798. The van der Waals surface area contributed by atoms with Crippen molar-refractivity contribution < 1.29 is 9.59 Å². The summed E-state index contributed by atoms with van der Waals surface area (Å²) in [6.45, 7) is 0. The molecule has 0 aromatic rings. The summed E-state index contributed by atoms with van der Waals surface area (Å²) >= 11 is 0. The molecule has 2 nitrogen and oxygen atoms in total. The summed E-state index contributed by atoms with van der Waals surface area (Å²) in [6.07, 6.45) is 10.4. The van der Waals surface area contributed by atoms with Crippen molar-refractivity contribution in [3.63, 3.8) is 0 Å². The van der Waals surface area contributed by atoms with E-state index in [0.717, 1.165) is 35.1 Å². The maximum atomic E-state index is 12.7. The van der Waals surface area contributed by atoms with E-state index >= 15 is 0 Å². The van der Waals surface area contributed by atoms with Crippen LogP contribution in [0.4, 0.5) is 0 Å². The third-order valence-electron chi connectivity index (χ3n) is 5.21. The highest BCUT2D eigenvalue weighted by atomic mass is 16.1. The number of rotatable bonds is 0. The molecule has 4 atom stereocenters. The third-order valence-corrected chi connectivity index (χ3v) is 5.21. The molecule has 2 heteroatoms. The van der Waals surface area contributed by atoms with E-state index in [-0.39, 0.29) is 35.2 Å². The van der Waals surface area contributed by atoms with Gasteiger partial charge in [0.05, 0.1) is 0 Å². The van der Waals surface area contributed by atoms with Gasteiger partial charge >= 0.3 is 0 Å². The molecule has 0 saturated carbocycles. The number of allylic oxidation sites excluding steroid dienone is 8. The monoisotopic (exact) mass is 236 g/mol. The van der Waals surface area contributed by atoms with E-state index in [0.29, 0.717) is 0 Å². The van der Waals surface area contributed by atoms with Crippen molar-refractivity contribution in [3.8, 4) is 0 Å². The van der Waals surface area contributed by atoms with Crippen LogP contribution in [-0.2, 0) is 9.59 Å². The topological polar surface area (TPSA) is 34.1 Å². The van der Waals surface area contributed by atoms with Gasteiger partial charge in [0.15, 0.2) is 11.6 Å². The van der Waals surface area contributed by atoms with Crippen LogP contribution in [0.1, 0.15) is 12.8 Å². The SMILES string of the molecule is O=C1C2=C(C(=O)C3=C1[C@H]1C=C[C@@H]3C1)[C@H]1C=C[C@@H]2C1. The second-order valence-electron chi connectivity index (χ2n) is 5.98. The van der Waals surface area contributed by atoms with E-state index in [2.05, 4.69) is 24.3 Å². The van der Waals surface area contributed by atoms with Crippen LogP contribution in [0.3, 0.4) is 0 Å². The zero-order chi connectivity index (χ0) is 12.0. The van der Waals surface area contributed by atoms with Gasteiger partial charge in [-0.05, 0) is 12.8 Å². The van der Waals surface area contributed by atoms with Crippen LogP contribution in [0.2, 0.25) is 0 Å². The number of hydrogen-bond donors (Lipinski definition) is 0. The molecule has 0 radical (unpaired) electrons. The highest BCUT2D eigenvalue weighted by Gasteiger charge is 2.52. The van der Waals surface area contributed by atoms with Crippen molar-refractivity contribution in [2.45, 2.75) is 12.8 Å². The lowest BCUT2D eigenvalue weighted by atomic mass is 9.76. The van der Waals surface area contributed by atoms with E-state index in [1.807, 2.05) is 0 Å². The summed E-state index contributed by atoms with van der Waals surface area (Å²) in [6, 6.07) is 0. The lowest BCUT2D eigenvalue weighted by Crippen LogP contribution is -2.27. The summed E-state index contributed by atoms with van der Waals surface area (Å²) in [5, 5.41) is 0. The molecule has 18 heavy (non-hydrogen) atoms. The first-order chi connectivity index (χ1) is 8.75. The van der Waals surface area contributed by atoms with Gasteiger partial charge in [0.2, 0.25) is 0 Å². The Labute approximate surface area is 105 Å². The minimum absolute atomic E-state index is 0.188. The fourth-order valence-corrected chi connectivity index (χ4v) is 4.51. The summed E-state index contributed by atoms with van der Waals surface area (Å²) in [5.74, 6) is 1.26. The maximum absolute atomic E-state index is 12.7. The standard InChI is InChI=1S/C16H12O2/c17-15-11-7-1-2-8(5-7)12(11)16(18)14-10-4-3-9(6-10)13(14)15/h1-4,7-10H,5-6H2/t7-,8+,9+,10-. The van der Waals surface area contributed by atoms with E-state index in [9.17, 15) is 9.59 Å². The summed E-state index contributed by atoms with van der Waals surface area (Å²) in [5.41, 5.74) is 3.36. The summed E-state index contributed by atoms with van der Waals surface area (Å²) < 4.78 is 0. The molecule has 0 N–H and O–H groups in total. The van der Waals surface area contributed by atoms with E-state index in [1.54, 1.807) is 0 Å². The first-order valence-corrected chi connectivity index (χ1v) is 6.70. The van der Waals surface area contributed by atoms with E-state index in [1.165, 1.54) is 0 Å². The maximum Gasteiger partial charge on any atom is 0.187 e. The molecule has 5 aliphatic rings. The van der Waals surface area contributed by atoms with Crippen molar-refractivity contribution in [3.05, 3.63) is 46.6 Å². The van der Waals surface area contributed by atoms with Crippen molar-refractivity contribution in [1.82, 2.24) is 0 Å². The predicted molar refractivity (Wildman–Crippen MR) is 65.5 cm³/mol. The fraction of sp³-hybridized carbons (Fsp3) is 0.375. The summed E-state index contributed by atoms with van der Waals surface area (Å²) in [7, 11) is 0. The van der Waals surface area contributed by atoms with Gasteiger partial charge < -0.3 is 0 Å². The molecular formula is C16H12O2. The molecule has 0 unspecified atom stereocenters. The Balaban J connectivity index is 1.74. The van der Waals surface area contributed by atoms with Crippen LogP contribution < -0.4 is 0 Å². The Bertz CT molecular complexity index is 551. The Morgan fingerprint density at radius 3 is 1.17 bits per heavy atom. The van der Waals surface area contributed by atoms with Crippen LogP contribution in [0.15, 0.2) is 46.6 Å². The van der Waals surface area contributed by atoms with Crippen LogP contribution >= 0.6 is 0 Å². The minimum Gasteiger partial charge on any atom is -0.289 e. The molecule has 4 bridgehead atoms. The Hall–Kier alpha value is -1.70. The van der Waals surface area contributed by atoms with Gasteiger partial charge in [0.25, 0.3) is 0 Å². The molecular weight excluding hydrogens is 224 g/mol. The highest BCUT2D eigenvalue weighted by molar-refractivity contribution is 6.28. The second kappa shape index (κ2) is 2.66. The van der Waals surface area contributed by atoms with Crippen LogP contribution in [-0.4, -0.2) is 11.6 Å². The van der Waals surface area contributed by atoms with Crippen molar-refractivity contribution in [2.75, 3.05) is 0 Å². The lowest BCUT2D eigenvalue weighted by molar-refractivity contribution is -0.117. The molecule has 88 valence electrons. The summed E-state index contributed by atoms with van der Waals surface area (Å²) in [4.78, 5) is 25.4. The number of carbonyl (C=O) groups is 2. The van der Waals surface area contributed by atoms with Crippen molar-refractivity contribution >= 4 is 11.6 Å². The van der Waals surface area contributed by atoms with Crippen LogP contribution in [0, 0.1) is 23.7 Å². The van der Waals surface area contributed by atoms with E-state index < -0.39 is 0 Å². The zero-order valence-electron chi connectivity index (χ0n) is 9.85. The molecule has 0 spiro atoms. The molecule has 0 saturated heterocycles. The number of Topliss-reactive ketones (excluding diaryl/α,β-unsaturated/α-hetero) is 2. The second-order valence-corrected chi connectivity index (χ2v) is 5.98. The first-order valence-electron chi connectivity index (χ1n) is 6.70. The number of fused-ring (bicyclic) bond motifs is 8. The Morgan fingerprint density at radius 1 is 0.611 bits per heavy atom. The van der Waals surface area contributed by atoms with Crippen LogP contribution in [0.5, 0.6) is 0 Å². The molecule has 0 amide bonds. The molecule has 0 aromatic carbocycles. The van der Waals surface area contributed by atoms with Gasteiger partial charge in [-0.3, -0.25) is 9.59 Å². The van der Waals surface area contributed by atoms with Gasteiger partial charge in [-0.25, -0.2) is 0 Å². The van der Waals surface area contributed by atoms with Crippen molar-refractivity contribution in [1.29, 1.82) is 0 Å². The number of carbonyl (C=O) groups excluding carboxylic acids is 2. The minimum atomic E-state index is 0.188. The highest BCUT2D eigenvalue weighted by Crippen LogP contribution is 2.55. The number of ketones is 2. The first kappa shape index (κ1) is 9.26.